The van der Waals surface area contributed by atoms with Gasteiger partial charge in [0.05, 0.1) is 0 Å². The summed E-state index contributed by atoms with van der Waals surface area (Å²) in [6, 6.07) is 0.601. The Morgan fingerprint density at radius 1 is 1.55 bits per heavy atom. The number of rotatable bonds is 0. The Hall–Kier alpha value is -0.730. The first kappa shape index (κ1) is 8.37. The van der Waals surface area contributed by atoms with Crippen molar-refractivity contribution >= 4 is 6.03 Å². The number of carbonyl (C=O) groups excluding carboxylic acids is 1. The second kappa shape index (κ2) is 3.60. The van der Waals surface area contributed by atoms with E-state index in [0.29, 0.717) is 6.04 Å². The molecule has 3 heteroatoms. The van der Waals surface area contributed by atoms with Crippen LogP contribution in [0.15, 0.2) is 0 Å². The normalized spacial score (nSPS) is 27.3. The van der Waals surface area contributed by atoms with Crippen LogP contribution in [0.5, 0.6) is 0 Å². The van der Waals surface area contributed by atoms with E-state index in [0.717, 1.165) is 13.1 Å². The molecule has 0 aromatic carbocycles. The van der Waals surface area contributed by atoms with Gasteiger partial charge < -0.3 is 10.2 Å². The lowest BCUT2D eigenvalue weighted by molar-refractivity contribution is 0.215. The lowest BCUT2D eigenvalue weighted by Gasteiger charge is -2.18. The Labute approximate surface area is 67.8 Å². The molecule has 64 valence electrons. The molecule has 2 aliphatic rings. The molecule has 2 heterocycles. The molecule has 2 rings (SSSR count). The van der Waals surface area contributed by atoms with Crippen molar-refractivity contribution in [2.24, 2.45) is 0 Å². The summed E-state index contributed by atoms with van der Waals surface area (Å²) in [6.07, 6.45) is 2.34. The molecule has 2 aliphatic heterocycles. The van der Waals surface area contributed by atoms with E-state index in [1.54, 1.807) is 0 Å². The van der Waals surface area contributed by atoms with Gasteiger partial charge in [-0.3, -0.25) is 0 Å². The van der Waals surface area contributed by atoms with Crippen molar-refractivity contribution in [2.75, 3.05) is 13.1 Å². The summed E-state index contributed by atoms with van der Waals surface area (Å²) < 4.78 is 0. The fourth-order valence-electron chi connectivity index (χ4n) is 1.55. The molecule has 0 radical (unpaired) electrons. The summed E-state index contributed by atoms with van der Waals surface area (Å²) in [6.45, 7) is 5.90. The highest BCUT2D eigenvalue weighted by molar-refractivity contribution is 5.77. The van der Waals surface area contributed by atoms with Gasteiger partial charge in [-0.1, -0.05) is 13.8 Å². The van der Waals surface area contributed by atoms with E-state index in [4.69, 9.17) is 0 Å². The standard InChI is InChI=1S/C6H10N2O.C2H6/c9-6-7-5-2-1-3-8(6)4-5;1-2/h5H,1-4H2,(H,7,9);1-2H3. The third-order valence-electron chi connectivity index (χ3n) is 2.04. The van der Waals surface area contributed by atoms with Crippen LogP contribution in [-0.2, 0) is 0 Å². The Kier molecular flexibility index (Phi) is 2.74. The fraction of sp³-hybridized carbons (Fsp3) is 0.875. The Morgan fingerprint density at radius 2 is 2.27 bits per heavy atom. The molecule has 0 aliphatic carbocycles. The summed E-state index contributed by atoms with van der Waals surface area (Å²) in [7, 11) is 0. The number of amides is 2. The average molecular weight is 156 g/mol. The van der Waals surface area contributed by atoms with Gasteiger partial charge in [0, 0.05) is 19.1 Å². The van der Waals surface area contributed by atoms with Gasteiger partial charge in [0.15, 0.2) is 0 Å². The van der Waals surface area contributed by atoms with Crippen LogP contribution >= 0.6 is 0 Å². The number of urea groups is 1. The van der Waals surface area contributed by atoms with Crippen LogP contribution in [0.25, 0.3) is 0 Å². The summed E-state index contributed by atoms with van der Waals surface area (Å²) in [5, 5.41) is 2.90. The van der Waals surface area contributed by atoms with Crippen molar-refractivity contribution in [2.45, 2.75) is 32.7 Å². The second-order valence-electron chi connectivity index (χ2n) is 2.73. The molecule has 2 saturated heterocycles. The van der Waals surface area contributed by atoms with E-state index in [2.05, 4.69) is 5.32 Å². The van der Waals surface area contributed by atoms with Crippen LogP contribution in [0.2, 0.25) is 0 Å². The number of fused-ring (bicyclic) bond motifs is 2. The smallest absolute Gasteiger partial charge is 0.317 e. The predicted molar refractivity (Wildman–Crippen MR) is 44.5 cm³/mol. The number of nitrogens with zero attached hydrogens (tertiary/aromatic N) is 1. The lowest BCUT2D eigenvalue weighted by atomic mass is 10.1. The Bertz CT molecular complexity index is 147. The van der Waals surface area contributed by atoms with Crippen molar-refractivity contribution in [3.8, 4) is 0 Å². The first-order valence-corrected chi connectivity index (χ1v) is 4.42. The van der Waals surface area contributed by atoms with Gasteiger partial charge in [-0.15, -0.1) is 0 Å². The molecule has 1 atom stereocenters. The van der Waals surface area contributed by atoms with E-state index >= 15 is 0 Å². The molecular weight excluding hydrogens is 140 g/mol. The van der Waals surface area contributed by atoms with Gasteiger partial charge in [-0.25, -0.2) is 4.79 Å². The molecule has 0 spiro atoms. The van der Waals surface area contributed by atoms with Crippen molar-refractivity contribution in [3.63, 3.8) is 0 Å². The third-order valence-corrected chi connectivity index (χ3v) is 2.04. The first-order valence-electron chi connectivity index (χ1n) is 4.42. The van der Waals surface area contributed by atoms with Gasteiger partial charge in [0.1, 0.15) is 0 Å². The number of hydrogen-bond donors (Lipinski definition) is 1. The van der Waals surface area contributed by atoms with Crippen molar-refractivity contribution in [3.05, 3.63) is 0 Å². The quantitative estimate of drug-likeness (QED) is 0.561. The molecule has 3 nitrogen and oxygen atoms in total. The molecule has 2 amide bonds. The van der Waals surface area contributed by atoms with Crippen LogP contribution in [0, 0.1) is 0 Å². The third kappa shape index (κ3) is 1.64. The second-order valence-corrected chi connectivity index (χ2v) is 2.73. The van der Waals surface area contributed by atoms with E-state index in [1.807, 2.05) is 18.7 Å². The van der Waals surface area contributed by atoms with Crippen molar-refractivity contribution in [1.29, 1.82) is 0 Å². The minimum atomic E-state index is 0.137. The van der Waals surface area contributed by atoms with Gasteiger partial charge in [0.25, 0.3) is 0 Å². The number of carbonyl (C=O) groups is 1. The maximum atomic E-state index is 10.9. The Balaban J connectivity index is 0.000000281. The fourth-order valence-corrected chi connectivity index (χ4v) is 1.55. The molecule has 0 saturated carbocycles. The summed E-state index contributed by atoms with van der Waals surface area (Å²) >= 11 is 0. The van der Waals surface area contributed by atoms with Crippen LogP contribution in [0.1, 0.15) is 26.7 Å². The van der Waals surface area contributed by atoms with Crippen molar-refractivity contribution < 1.29 is 4.79 Å². The van der Waals surface area contributed by atoms with Crippen LogP contribution < -0.4 is 5.32 Å². The lowest BCUT2D eigenvalue weighted by Crippen LogP contribution is -2.30. The van der Waals surface area contributed by atoms with E-state index in [-0.39, 0.29) is 6.03 Å². The van der Waals surface area contributed by atoms with E-state index < -0.39 is 0 Å². The Morgan fingerprint density at radius 3 is 2.82 bits per heavy atom. The minimum Gasteiger partial charge on any atom is -0.333 e. The average Bonchev–Trinajstić information content (AvgIpc) is 2.31. The highest BCUT2D eigenvalue weighted by atomic mass is 16.2. The zero-order valence-electron chi connectivity index (χ0n) is 7.26. The number of hydrogen-bond acceptors (Lipinski definition) is 1. The van der Waals surface area contributed by atoms with Crippen LogP contribution in [0.3, 0.4) is 0 Å². The monoisotopic (exact) mass is 156 g/mol. The molecule has 0 aromatic heterocycles. The highest BCUT2D eigenvalue weighted by Gasteiger charge is 2.31. The summed E-state index contributed by atoms with van der Waals surface area (Å²) in [4.78, 5) is 12.8. The molecule has 2 bridgehead atoms. The van der Waals surface area contributed by atoms with Crippen LogP contribution in [-0.4, -0.2) is 30.1 Å². The van der Waals surface area contributed by atoms with Gasteiger partial charge in [-0.2, -0.15) is 0 Å². The zero-order valence-corrected chi connectivity index (χ0v) is 7.26. The van der Waals surface area contributed by atoms with E-state index in [9.17, 15) is 4.79 Å². The van der Waals surface area contributed by atoms with Gasteiger partial charge in [-0.05, 0) is 12.8 Å². The minimum absolute atomic E-state index is 0.137. The topological polar surface area (TPSA) is 32.3 Å². The molecule has 1 N–H and O–H groups in total. The first-order chi connectivity index (χ1) is 5.36. The van der Waals surface area contributed by atoms with Crippen LogP contribution in [0.4, 0.5) is 4.79 Å². The van der Waals surface area contributed by atoms with Gasteiger partial charge >= 0.3 is 6.03 Å². The maximum Gasteiger partial charge on any atom is 0.317 e. The predicted octanol–water partition coefficient (Wildman–Crippen LogP) is 1.20. The number of piperidine rings is 1. The van der Waals surface area contributed by atoms with Gasteiger partial charge in [0.2, 0.25) is 0 Å². The summed E-state index contributed by atoms with van der Waals surface area (Å²) in [5.74, 6) is 0. The van der Waals surface area contributed by atoms with Crippen molar-refractivity contribution in [1.82, 2.24) is 10.2 Å². The number of nitrogens with one attached hydrogen (secondary N) is 1. The largest absolute Gasteiger partial charge is 0.333 e. The molecular formula is C8H16N2O. The highest BCUT2D eigenvalue weighted by Crippen LogP contribution is 2.15. The molecule has 1 unspecified atom stereocenters. The zero-order chi connectivity index (χ0) is 8.27. The summed E-state index contributed by atoms with van der Waals surface area (Å²) in [5.41, 5.74) is 0. The molecule has 0 aromatic rings. The maximum absolute atomic E-state index is 10.9. The molecule has 11 heavy (non-hydrogen) atoms. The van der Waals surface area contributed by atoms with E-state index in [1.165, 1.54) is 12.8 Å². The SMILES string of the molecule is CC.O=C1NC2CCCN1C2. The molecule has 2 fully saturated rings.